The highest BCUT2D eigenvalue weighted by molar-refractivity contribution is 5.77. The molecule has 0 aliphatic heterocycles. The van der Waals surface area contributed by atoms with Crippen molar-refractivity contribution in [3.05, 3.63) is 223 Å². The van der Waals surface area contributed by atoms with E-state index in [-0.39, 0.29) is 64.6 Å². The molecular formula is C61H52N16O24. The lowest BCUT2D eigenvalue weighted by atomic mass is 9.79. The summed E-state index contributed by atoms with van der Waals surface area (Å²) in [7, 11) is 0. The maximum atomic E-state index is 12.7. The van der Waals surface area contributed by atoms with Crippen LogP contribution in [0.25, 0.3) is 0 Å². The summed E-state index contributed by atoms with van der Waals surface area (Å²) in [5.41, 5.74) is -13.9. The first-order chi connectivity index (χ1) is 47.7. The van der Waals surface area contributed by atoms with E-state index in [1.165, 1.54) is 26.8 Å². The van der Waals surface area contributed by atoms with Crippen molar-refractivity contribution < 1.29 is 80.2 Å². The second-order valence-electron chi connectivity index (χ2n) is 22.1. The zero-order valence-corrected chi connectivity index (χ0v) is 52.7. The average molecular weight is 1390 g/mol. The van der Waals surface area contributed by atoms with Crippen molar-refractivity contribution in [2.75, 3.05) is 0 Å². The van der Waals surface area contributed by atoms with E-state index in [1.807, 2.05) is 0 Å². The number of nitro benzene ring substituents is 8. The molecule has 40 heteroatoms. The Balaban J connectivity index is 1.44. The molecule has 520 valence electrons. The van der Waals surface area contributed by atoms with Crippen LogP contribution in [-0.4, -0.2) is 80.2 Å². The topological polar surface area (TPSA) is 606 Å². The van der Waals surface area contributed by atoms with Gasteiger partial charge in [0, 0.05) is 99.7 Å². The zero-order valence-electron chi connectivity index (χ0n) is 52.7. The predicted molar refractivity (Wildman–Crippen MR) is 350 cm³/mol. The molecule has 8 aromatic rings. The summed E-state index contributed by atoms with van der Waals surface area (Å²) in [6, 6.07) is 14.4. The fraction of sp³-hybridized carbons (Fsp3) is 0.213. The lowest BCUT2D eigenvalue weighted by Gasteiger charge is -2.27. The summed E-state index contributed by atoms with van der Waals surface area (Å²) in [4.78, 5) is 87.1. The maximum absolute atomic E-state index is 12.7. The van der Waals surface area contributed by atoms with Gasteiger partial charge in [-0.05, 0) is 61.4 Å². The molecule has 4 unspecified atom stereocenters. The molecule has 40 nitrogen and oxygen atoms in total. The zero-order chi connectivity index (χ0) is 74.3. The highest BCUT2D eigenvalue weighted by atomic mass is 16.7. The Morgan fingerprint density at radius 2 is 0.485 bits per heavy atom. The first-order valence-electron chi connectivity index (χ1n) is 29.5. The number of aromatic hydroxyl groups is 8. The number of azo groups is 4. The van der Waals surface area contributed by atoms with Crippen molar-refractivity contribution in [1.82, 2.24) is 0 Å². The fourth-order valence-corrected chi connectivity index (χ4v) is 10.9. The van der Waals surface area contributed by atoms with Crippen molar-refractivity contribution in [1.29, 1.82) is 0 Å². The van der Waals surface area contributed by atoms with E-state index >= 15 is 0 Å². The molecule has 8 aromatic carbocycles. The second-order valence-corrected chi connectivity index (χ2v) is 22.1. The number of benzene rings is 8. The Hall–Kier alpha value is -14.2. The summed E-state index contributed by atoms with van der Waals surface area (Å²) < 4.78 is 0. The molecule has 0 heterocycles. The van der Waals surface area contributed by atoms with Crippen molar-refractivity contribution in [3.63, 3.8) is 0 Å². The number of phenolic OH excluding ortho intramolecular Hbond substituents is 8. The lowest BCUT2D eigenvalue weighted by molar-refractivity contribution is -0.394. The molecule has 0 amide bonds. The van der Waals surface area contributed by atoms with E-state index in [0.29, 0.717) is 24.3 Å². The van der Waals surface area contributed by atoms with Crippen LogP contribution in [0.1, 0.15) is 123 Å². The van der Waals surface area contributed by atoms with Gasteiger partial charge < -0.3 is 40.9 Å². The number of non-ortho nitro benzene ring substituents is 8. The third-order valence-electron chi connectivity index (χ3n) is 16.0. The van der Waals surface area contributed by atoms with Crippen molar-refractivity contribution in [3.8, 4) is 46.0 Å². The summed E-state index contributed by atoms with van der Waals surface area (Å²) in [5, 5.41) is 224. The van der Waals surface area contributed by atoms with Crippen LogP contribution in [0.15, 0.2) is 144 Å². The molecule has 0 radical (unpaired) electrons. The number of phenols is 8. The first-order valence-corrected chi connectivity index (χ1v) is 29.5. The Morgan fingerprint density at radius 3 is 0.713 bits per heavy atom. The third-order valence-corrected chi connectivity index (χ3v) is 16.0. The Labute approximate surface area is 563 Å². The Morgan fingerprint density at radius 1 is 0.277 bits per heavy atom. The van der Waals surface area contributed by atoms with Crippen LogP contribution in [0.2, 0.25) is 0 Å². The fourth-order valence-electron chi connectivity index (χ4n) is 10.9. The van der Waals surface area contributed by atoms with E-state index in [9.17, 15) is 122 Å². The van der Waals surface area contributed by atoms with Gasteiger partial charge in [-0.2, -0.15) is 0 Å². The molecule has 0 aliphatic carbocycles. The van der Waals surface area contributed by atoms with Gasteiger partial charge in [-0.15, -0.1) is 40.9 Å². The minimum atomic E-state index is -1.55. The van der Waals surface area contributed by atoms with Gasteiger partial charge in [-0.1, -0.05) is 40.7 Å². The van der Waals surface area contributed by atoms with E-state index in [2.05, 4.69) is 40.9 Å². The predicted octanol–water partition coefficient (Wildman–Crippen LogP) is 17.4. The number of rotatable bonds is 27. The molecule has 0 aromatic heterocycles. The van der Waals surface area contributed by atoms with Gasteiger partial charge in [0.1, 0.15) is 11.5 Å². The number of nitrogens with zero attached hydrogens (tertiary/aromatic N) is 16. The summed E-state index contributed by atoms with van der Waals surface area (Å²) in [6.07, 6.45) is -0.389. The second kappa shape index (κ2) is 29.8. The highest BCUT2D eigenvalue weighted by Crippen LogP contribution is 2.58. The Bertz CT molecular complexity index is 4800. The van der Waals surface area contributed by atoms with Crippen LogP contribution in [0.5, 0.6) is 46.0 Å². The molecule has 101 heavy (non-hydrogen) atoms. The SMILES string of the molecule is CCC(C)c1cc(C(CC)c2cc(C(CC)c3cc(C(CC)c4ccc(O)c(N=Nc5cc([N+](=O)[O-])cc([N+](=O)[O-])c5)c4O)c(O)c(N=Nc4cc([N+](=O)[O-])cc([N+](=O)[O-])c4)c3O)c(O)c(N=Nc3cc([N+](=O)[O-])cc([N+](=O)[O-])c3)c2O)c(O)c(N=Nc2cc([N+](=O)[O-])cc([N+](=O)[O-])c2)c1O. The molecule has 0 fully saturated rings. The third kappa shape index (κ3) is 15.2. The average Bonchev–Trinajstić information content (AvgIpc) is 0.744. The summed E-state index contributed by atoms with van der Waals surface area (Å²) >= 11 is 0. The first kappa shape index (κ1) is 72.6. The number of hydrogen-bond donors (Lipinski definition) is 8. The van der Waals surface area contributed by atoms with E-state index in [0.717, 1.165) is 72.8 Å². The highest BCUT2D eigenvalue weighted by Gasteiger charge is 2.35. The van der Waals surface area contributed by atoms with Gasteiger partial charge in [-0.25, -0.2) is 0 Å². The standard InChI is InChI=1S/C61H52N16O24/c1-6-27(5)44-24-45(57(81)52(56(44)80)67-63-29-14-34(72(90)91)21-35(15-29)73(92)93)41(8-3)48-26-49(61(85)54(60(48)84)69-65-31-18-38(76(98)99)23-39(19-31)77(100)101)42(9-4)47-25-46(58(82)53(59(47)83)68-64-30-16-36(74(94)95)22-37(17-30)75(96)97)40(7-2)43-10-11-50(78)51(55(43)79)66-62-28-12-32(70(86)87)20-33(13-28)71(88)89/h10-27,40-42,78-85H,6-9H2,1-5H3. The van der Waals surface area contributed by atoms with Crippen LogP contribution in [0.3, 0.4) is 0 Å². The Kier molecular flexibility index (Phi) is 21.4. The van der Waals surface area contributed by atoms with Crippen LogP contribution in [-0.2, 0) is 0 Å². The van der Waals surface area contributed by atoms with E-state index < -0.39 is 200 Å². The number of nitro groups is 8. The van der Waals surface area contributed by atoms with Gasteiger partial charge in [-0.3, -0.25) is 80.9 Å². The van der Waals surface area contributed by atoms with Gasteiger partial charge in [0.25, 0.3) is 45.5 Å². The molecule has 0 saturated heterocycles. The van der Waals surface area contributed by atoms with Gasteiger partial charge in [0.2, 0.25) is 0 Å². The normalized spacial score (nSPS) is 12.8. The molecule has 8 rings (SSSR count). The van der Waals surface area contributed by atoms with Crippen LogP contribution < -0.4 is 0 Å². The minimum Gasteiger partial charge on any atom is -0.505 e. The van der Waals surface area contributed by atoms with Crippen LogP contribution in [0, 0.1) is 80.9 Å². The van der Waals surface area contributed by atoms with Crippen molar-refractivity contribution in [2.45, 2.75) is 84.0 Å². The summed E-state index contributed by atoms with van der Waals surface area (Å²) in [5.74, 6) is -12.3. The molecular weight excluding hydrogens is 1340 g/mol. The molecule has 0 aliphatic rings. The molecule has 0 spiro atoms. The molecule has 0 bridgehead atoms. The van der Waals surface area contributed by atoms with Crippen molar-refractivity contribution in [2.24, 2.45) is 40.9 Å². The summed E-state index contributed by atoms with van der Waals surface area (Å²) in [6.45, 7) is 7.87. The van der Waals surface area contributed by atoms with Crippen LogP contribution in [0.4, 0.5) is 91.0 Å². The quantitative estimate of drug-likeness (QED) is 0.0135. The van der Waals surface area contributed by atoms with E-state index in [4.69, 9.17) is 0 Å². The van der Waals surface area contributed by atoms with Gasteiger partial charge in [0.05, 0.1) is 86.4 Å². The smallest absolute Gasteiger partial charge is 0.278 e. The lowest BCUT2D eigenvalue weighted by Crippen LogP contribution is -2.08. The van der Waals surface area contributed by atoms with Crippen molar-refractivity contribution >= 4 is 91.0 Å². The molecule has 8 N–H and O–H groups in total. The maximum Gasteiger partial charge on any atom is 0.278 e. The molecule has 0 saturated carbocycles. The number of hydrogen-bond acceptors (Lipinski definition) is 32. The molecule has 4 atom stereocenters. The largest absolute Gasteiger partial charge is 0.505 e. The van der Waals surface area contributed by atoms with E-state index in [1.54, 1.807) is 13.8 Å². The monoisotopic (exact) mass is 1390 g/mol. The van der Waals surface area contributed by atoms with Gasteiger partial charge >= 0.3 is 0 Å². The van der Waals surface area contributed by atoms with Gasteiger partial charge in [0.15, 0.2) is 57.2 Å². The van der Waals surface area contributed by atoms with Crippen LogP contribution >= 0.6 is 0 Å². The minimum absolute atomic E-state index is 0.0619.